The van der Waals surface area contributed by atoms with Gasteiger partial charge in [-0.15, -0.1) is 11.8 Å². The highest BCUT2D eigenvalue weighted by Crippen LogP contribution is 2.39. The summed E-state index contributed by atoms with van der Waals surface area (Å²) >= 11 is 0. The van der Waals surface area contributed by atoms with Gasteiger partial charge in [-0.25, -0.2) is 0 Å². The number of carbonyl (C=O) groups is 2. The van der Waals surface area contributed by atoms with Gasteiger partial charge in [0, 0.05) is 12.8 Å². The summed E-state index contributed by atoms with van der Waals surface area (Å²) in [6.07, 6.45) is 6.71. The van der Waals surface area contributed by atoms with Crippen molar-refractivity contribution >= 4 is 11.8 Å². The van der Waals surface area contributed by atoms with Crippen molar-refractivity contribution in [1.29, 1.82) is 0 Å². The molecule has 3 heteroatoms. The summed E-state index contributed by atoms with van der Waals surface area (Å²) in [5.41, 5.74) is -0.997. The first-order valence-corrected chi connectivity index (χ1v) is 6.42. The zero-order chi connectivity index (χ0) is 13.4. The Hall–Kier alpha value is -1.56. The average Bonchev–Trinajstić information content (AvgIpc) is 2.74. The van der Waals surface area contributed by atoms with Gasteiger partial charge in [-0.2, -0.15) is 0 Å². The SMILES string of the molecule is CC#CCC1(C(=O)OCC=CCC)CCCC1=O. The van der Waals surface area contributed by atoms with Crippen LogP contribution in [-0.4, -0.2) is 18.4 Å². The average molecular weight is 248 g/mol. The van der Waals surface area contributed by atoms with Crippen LogP contribution in [0, 0.1) is 17.3 Å². The van der Waals surface area contributed by atoms with E-state index in [1.807, 2.05) is 13.0 Å². The van der Waals surface area contributed by atoms with Crippen molar-refractivity contribution in [2.24, 2.45) is 5.41 Å². The van der Waals surface area contributed by atoms with Crippen LogP contribution in [0.25, 0.3) is 0 Å². The summed E-state index contributed by atoms with van der Waals surface area (Å²) in [4.78, 5) is 24.0. The molecule has 0 heterocycles. The van der Waals surface area contributed by atoms with E-state index in [0.29, 0.717) is 19.3 Å². The molecule has 0 aromatic carbocycles. The van der Waals surface area contributed by atoms with Gasteiger partial charge in [-0.3, -0.25) is 9.59 Å². The van der Waals surface area contributed by atoms with E-state index < -0.39 is 11.4 Å². The standard InChI is InChI=1S/C15H20O3/c1-3-5-7-12-18-14(17)15(10-6-4-2)11-8-9-13(15)16/h5,7H,3,8-12H2,1-2H3. The number of ketones is 1. The number of hydrogen-bond acceptors (Lipinski definition) is 3. The van der Waals surface area contributed by atoms with Crippen molar-refractivity contribution < 1.29 is 14.3 Å². The Bertz CT molecular complexity index is 398. The lowest BCUT2D eigenvalue weighted by atomic mass is 9.82. The Morgan fingerprint density at radius 3 is 2.83 bits per heavy atom. The van der Waals surface area contributed by atoms with Crippen LogP contribution in [0.3, 0.4) is 0 Å². The van der Waals surface area contributed by atoms with Gasteiger partial charge < -0.3 is 4.74 Å². The van der Waals surface area contributed by atoms with Gasteiger partial charge in [0.1, 0.15) is 12.0 Å². The number of ether oxygens (including phenoxy) is 1. The summed E-state index contributed by atoms with van der Waals surface area (Å²) in [5, 5.41) is 0. The van der Waals surface area contributed by atoms with E-state index in [1.54, 1.807) is 13.0 Å². The van der Waals surface area contributed by atoms with E-state index in [0.717, 1.165) is 12.8 Å². The molecular weight excluding hydrogens is 228 g/mol. The van der Waals surface area contributed by atoms with Gasteiger partial charge in [0.15, 0.2) is 5.78 Å². The van der Waals surface area contributed by atoms with Crippen molar-refractivity contribution in [3.63, 3.8) is 0 Å². The normalized spacial score (nSPS) is 22.9. The largest absolute Gasteiger partial charge is 0.461 e. The highest BCUT2D eigenvalue weighted by atomic mass is 16.5. The van der Waals surface area contributed by atoms with E-state index in [9.17, 15) is 9.59 Å². The molecule has 0 aliphatic heterocycles. The number of esters is 1. The number of rotatable bonds is 5. The Balaban J connectivity index is 2.70. The number of allylic oxidation sites excluding steroid dienone is 1. The van der Waals surface area contributed by atoms with Crippen molar-refractivity contribution in [3.8, 4) is 11.8 Å². The monoisotopic (exact) mass is 248 g/mol. The molecule has 1 fully saturated rings. The second-order valence-electron chi connectivity index (χ2n) is 4.44. The molecule has 98 valence electrons. The van der Waals surface area contributed by atoms with Crippen LogP contribution in [0.5, 0.6) is 0 Å². The third-order valence-electron chi connectivity index (χ3n) is 3.21. The molecule has 0 radical (unpaired) electrons. The minimum absolute atomic E-state index is 0.0188. The fraction of sp³-hybridized carbons (Fsp3) is 0.600. The van der Waals surface area contributed by atoms with Gasteiger partial charge in [-0.1, -0.05) is 19.1 Å². The Morgan fingerprint density at radius 1 is 1.50 bits per heavy atom. The van der Waals surface area contributed by atoms with E-state index in [1.165, 1.54) is 0 Å². The molecule has 1 rings (SSSR count). The molecule has 1 aliphatic rings. The molecule has 1 atom stereocenters. The van der Waals surface area contributed by atoms with Crippen molar-refractivity contribution in [3.05, 3.63) is 12.2 Å². The van der Waals surface area contributed by atoms with E-state index in [4.69, 9.17) is 4.74 Å². The highest BCUT2D eigenvalue weighted by Gasteiger charge is 2.49. The molecule has 0 bridgehead atoms. The number of hydrogen-bond donors (Lipinski definition) is 0. The topological polar surface area (TPSA) is 43.4 Å². The summed E-state index contributed by atoms with van der Waals surface area (Å²) in [6, 6.07) is 0. The number of carbonyl (C=O) groups excluding carboxylic acids is 2. The highest BCUT2D eigenvalue weighted by molar-refractivity contribution is 6.05. The summed E-state index contributed by atoms with van der Waals surface area (Å²) < 4.78 is 5.18. The molecule has 0 aromatic rings. The van der Waals surface area contributed by atoms with Crippen LogP contribution in [-0.2, 0) is 14.3 Å². The zero-order valence-electron chi connectivity index (χ0n) is 11.1. The maximum Gasteiger partial charge on any atom is 0.320 e. The summed E-state index contributed by atoms with van der Waals surface area (Å²) in [6.45, 7) is 3.96. The lowest BCUT2D eigenvalue weighted by molar-refractivity contribution is -0.157. The van der Waals surface area contributed by atoms with Gasteiger partial charge in [0.05, 0.1) is 0 Å². The van der Waals surface area contributed by atoms with Crippen LogP contribution < -0.4 is 0 Å². The van der Waals surface area contributed by atoms with Crippen LogP contribution >= 0.6 is 0 Å². The molecule has 1 saturated carbocycles. The zero-order valence-corrected chi connectivity index (χ0v) is 11.1. The Morgan fingerprint density at radius 2 is 2.28 bits per heavy atom. The van der Waals surface area contributed by atoms with Crippen LogP contribution in [0.4, 0.5) is 0 Å². The predicted molar refractivity (Wildman–Crippen MR) is 69.7 cm³/mol. The van der Waals surface area contributed by atoms with E-state index >= 15 is 0 Å². The van der Waals surface area contributed by atoms with Gasteiger partial charge >= 0.3 is 5.97 Å². The summed E-state index contributed by atoms with van der Waals surface area (Å²) in [5.74, 6) is 5.17. The molecule has 1 aliphatic carbocycles. The lowest BCUT2D eigenvalue weighted by Crippen LogP contribution is -2.36. The molecule has 1 unspecified atom stereocenters. The quantitative estimate of drug-likeness (QED) is 0.325. The third-order valence-corrected chi connectivity index (χ3v) is 3.21. The maximum absolute atomic E-state index is 12.1. The smallest absolute Gasteiger partial charge is 0.320 e. The minimum Gasteiger partial charge on any atom is -0.461 e. The van der Waals surface area contributed by atoms with Crippen molar-refractivity contribution in [2.75, 3.05) is 6.61 Å². The Kier molecular flexibility index (Phi) is 5.64. The molecule has 0 saturated heterocycles. The van der Waals surface area contributed by atoms with Gasteiger partial charge in [0.25, 0.3) is 0 Å². The molecular formula is C15H20O3. The first kappa shape index (κ1) is 14.5. The van der Waals surface area contributed by atoms with E-state index in [2.05, 4.69) is 11.8 Å². The Labute approximate surface area is 109 Å². The van der Waals surface area contributed by atoms with E-state index in [-0.39, 0.29) is 12.4 Å². The van der Waals surface area contributed by atoms with Crippen LogP contribution in [0.2, 0.25) is 0 Å². The van der Waals surface area contributed by atoms with Gasteiger partial charge in [-0.05, 0) is 26.2 Å². The van der Waals surface area contributed by atoms with Crippen molar-refractivity contribution in [2.45, 2.75) is 46.0 Å². The maximum atomic E-state index is 12.1. The lowest BCUT2D eigenvalue weighted by Gasteiger charge is -2.22. The molecule has 0 amide bonds. The second kappa shape index (κ2) is 7.00. The van der Waals surface area contributed by atoms with Crippen molar-refractivity contribution in [1.82, 2.24) is 0 Å². The molecule has 0 spiro atoms. The molecule has 3 nitrogen and oxygen atoms in total. The second-order valence-corrected chi connectivity index (χ2v) is 4.44. The minimum atomic E-state index is -0.997. The van der Waals surface area contributed by atoms with Crippen LogP contribution in [0.1, 0.15) is 46.0 Å². The molecule has 0 aromatic heterocycles. The first-order chi connectivity index (χ1) is 8.67. The number of Topliss-reactive ketones (excluding diaryl/α,β-unsaturated/α-hetero) is 1. The fourth-order valence-corrected chi connectivity index (χ4v) is 2.14. The summed E-state index contributed by atoms with van der Waals surface area (Å²) in [7, 11) is 0. The first-order valence-electron chi connectivity index (χ1n) is 6.42. The van der Waals surface area contributed by atoms with Gasteiger partial charge in [0.2, 0.25) is 0 Å². The van der Waals surface area contributed by atoms with Crippen LogP contribution in [0.15, 0.2) is 12.2 Å². The predicted octanol–water partition coefficient (Wildman–Crippen LogP) is 2.65. The fourth-order valence-electron chi connectivity index (χ4n) is 2.14. The molecule has 0 N–H and O–H groups in total. The molecule has 18 heavy (non-hydrogen) atoms. The third kappa shape index (κ3) is 3.22.